The summed E-state index contributed by atoms with van der Waals surface area (Å²) in [6, 6.07) is 6.49. The van der Waals surface area contributed by atoms with Crippen molar-refractivity contribution in [1.82, 2.24) is 5.32 Å². The summed E-state index contributed by atoms with van der Waals surface area (Å²) in [7, 11) is 0. The minimum atomic E-state index is 0.128. The van der Waals surface area contributed by atoms with Crippen molar-refractivity contribution in [3.05, 3.63) is 29.3 Å². The number of rotatable bonds is 6. The predicted octanol–water partition coefficient (Wildman–Crippen LogP) is 3.14. The SMILES string of the molecule is CCCC(C)C(=O)NCCc1cccc2c1NCCC2. The van der Waals surface area contributed by atoms with Gasteiger partial charge in [0.2, 0.25) is 5.91 Å². The van der Waals surface area contributed by atoms with Crippen LogP contribution in [0.4, 0.5) is 5.69 Å². The van der Waals surface area contributed by atoms with Crippen LogP contribution in [0.3, 0.4) is 0 Å². The zero-order chi connectivity index (χ0) is 14.4. The Hall–Kier alpha value is -1.51. The van der Waals surface area contributed by atoms with Gasteiger partial charge in [-0.2, -0.15) is 0 Å². The standard InChI is InChI=1S/C17H26N2O/c1-3-6-13(2)17(20)19-12-10-15-8-4-7-14-9-5-11-18-16(14)15/h4,7-8,13,18H,3,5-6,9-12H2,1-2H3,(H,19,20). The van der Waals surface area contributed by atoms with Crippen molar-refractivity contribution in [2.45, 2.75) is 46.0 Å². The highest BCUT2D eigenvalue weighted by Gasteiger charge is 2.13. The van der Waals surface area contributed by atoms with Gasteiger partial charge in [-0.15, -0.1) is 0 Å². The van der Waals surface area contributed by atoms with Crippen LogP contribution in [0.25, 0.3) is 0 Å². The highest BCUT2D eigenvalue weighted by molar-refractivity contribution is 5.78. The Morgan fingerprint density at radius 1 is 1.45 bits per heavy atom. The van der Waals surface area contributed by atoms with Crippen molar-refractivity contribution < 1.29 is 4.79 Å². The molecule has 0 spiro atoms. The fourth-order valence-electron chi connectivity index (χ4n) is 2.85. The first-order valence-corrected chi connectivity index (χ1v) is 7.84. The number of anilines is 1. The number of benzene rings is 1. The van der Waals surface area contributed by atoms with Crippen molar-refractivity contribution in [2.24, 2.45) is 5.92 Å². The summed E-state index contributed by atoms with van der Waals surface area (Å²) < 4.78 is 0. The Labute approximate surface area is 122 Å². The molecule has 1 aliphatic rings. The van der Waals surface area contributed by atoms with Crippen LogP contribution in [0.15, 0.2) is 18.2 Å². The van der Waals surface area contributed by atoms with E-state index in [-0.39, 0.29) is 11.8 Å². The van der Waals surface area contributed by atoms with Crippen molar-refractivity contribution >= 4 is 11.6 Å². The molecule has 1 atom stereocenters. The summed E-state index contributed by atoms with van der Waals surface area (Å²) in [6.07, 6.45) is 5.30. The summed E-state index contributed by atoms with van der Waals surface area (Å²) in [5.41, 5.74) is 4.04. The molecular weight excluding hydrogens is 248 g/mol. The highest BCUT2D eigenvalue weighted by Crippen LogP contribution is 2.26. The Morgan fingerprint density at radius 3 is 3.10 bits per heavy atom. The minimum absolute atomic E-state index is 0.128. The van der Waals surface area contributed by atoms with Gasteiger partial charge in [0, 0.05) is 24.7 Å². The van der Waals surface area contributed by atoms with Crippen molar-refractivity contribution in [2.75, 3.05) is 18.4 Å². The van der Waals surface area contributed by atoms with Crippen LogP contribution in [-0.4, -0.2) is 19.0 Å². The Balaban J connectivity index is 1.87. The second-order valence-corrected chi connectivity index (χ2v) is 5.71. The molecule has 0 saturated heterocycles. The number of para-hydroxylation sites is 1. The van der Waals surface area contributed by atoms with Gasteiger partial charge in [0.15, 0.2) is 0 Å². The summed E-state index contributed by atoms with van der Waals surface area (Å²) in [6.45, 7) is 5.91. The average molecular weight is 274 g/mol. The lowest BCUT2D eigenvalue weighted by Gasteiger charge is -2.21. The van der Waals surface area contributed by atoms with Crippen LogP contribution in [0, 0.1) is 5.92 Å². The van der Waals surface area contributed by atoms with E-state index in [9.17, 15) is 4.79 Å². The van der Waals surface area contributed by atoms with Crippen LogP contribution in [0.5, 0.6) is 0 Å². The molecule has 0 saturated carbocycles. The largest absolute Gasteiger partial charge is 0.385 e. The van der Waals surface area contributed by atoms with E-state index in [1.165, 1.54) is 23.2 Å². The quantitative estimate of drug-likeness (QED) is 0.836. The smallest absolute Gasteiger partial charge is 0.222 e. The monoisotopic (exact) mass is 274 g/mol. The van der Waals surface area contributed by atoms with Gasteiger partial charge in [0.1, 0.15) is 0 Å². The molecule has 2 N–H and O–H groups in total. The molecule has 1 heterocycles. The Morgan fingerprint density at radius 2 is 2.30 bits per heavy atom. The van der Waals surface area contributed by atoms with Crippen LogP contribution < -0.4 is 10.6 Å². The van der Waals surface area contributed by atoms with Gasteiger partial charge in [-0.1, -0.05) is 38.5 Å². The maximum atomic E-state index is 11.9. The van der Waals surface area contributed by atoms with Crippen molar-refractivity contribution in [1.29, 1.82) is 0 Å². The van der Waals surface area contributed by atoms with E-state index >= 15 is 0 Å². The molecule has 1 aliphatic heterocycles. The molecule has 3 nitrogen and oxygen atoms in total. The molecule has 1 amide bonds. The second-order valence-electron chi connectivity index (χ2n) is 5.71. The van der Waals surface area contributed by atoms with Gasteiger partial charge in [-0.3, -0.25) is 4.79 Å². The van der Waals surface area contributed by atoms with Crippen molar-refractivity contribution in [3.8, 4) is 0 Å². The third kappa shape index (κ3) is 3.75. The van der Waals surface area contributed by atoms with Crippen LogP contribution in [0.1, 0.15) is 44.2 Å². The van der Waals surface area contributed by atoms with E-state index in [0.717, 1.165) is 38.8 Å². The number of hydrogen-bond acceptors (Lipinski definition) is 2. The van der Waals surface area contributed by atoms with E-state index in [4.69, 9.17) is 0 Å². The molecule has 3 heteroatoms. The predicted molar refractivity (Wildman–Crippen MR) is 84.0 cm³/mol. The molecule has 2 rings (SSSR count). The molecule has 0 bridgehead atoms. The zero-order valence-corrected chi connectivity index (χ0v) is 12.7. The summed E-state index contributed by atoms with van der Waals surface area (Å²) in [4.78, 5) is 11.9. The van der Waals surface area contributed by atoms with E-state index in [2.05, 4.69) is 35.8 Å². The van der Waals surface area contributed by atoms with Crippen molar-refractivity contribution in [3.63, 3.8) is 0 Å². The zero-order valence-electron chi connectivity index (χ0n) is 12.7. The van der Waals surface area contributed by atoms with Gasteiger partial charge in [0.25, 0.3) is 0 Å². The second kappa shape index (κ2) is 7.32. The lowest BCUT2D eigenvalue weighted by Crippen LogP contribution is -2.31. The maximum Gasteiger partial charge on any atom is 0.222 e. The Kier molecular flexibility index (Phi) is 5.45. The number of fused-ring (bicyclic) bond motifs is 1. The first kappa shape index (κ1) is 14.9. The van der Waals surface area contributed by atoms with E-state index < -0.39 is 0 Å². The normalized spacial score (nSPS) is 15.1. The lowest BCUT2D eigenvalue weighted by molar-refractivity contribution is -0.124. The van der Waals surface area contributed by atoms with E-state index in [1.54, 1.807) is 0 Å². The molecule has 0 aliphatic carbocycles. The number of nitrogens with one attached hydrogen (secondary N) is 2. The molecule has 1 aromatic rings. The van der Waals surface area contributed by atoms with Gasteiger partial charge in [-0.05, 0) is 36.8 Å². The number of aryl methyl sites for hydroxylation is 1. The van der Waals surface area contributed by atoms with E-state index in [0.29, 0.717) is 0 Å². The fraction of sp³-hybridized carbons (Fsp3) is 0.588. The van der Waals surface area contributed by atoms with Gasteiger partial charge < -0.3 is 10.6 Å². The fourth-order valence-corrected chi connectivity index (χ4v) is 2.85. The van der Waals surface area contributed by atoms with Gasteiger partial charge in [-0.25, -0.2) is 0 Å². The molecular formula is C17H26N2O. The summed E-state index contributed by atoms with van der Waals surface area (Å²) in [5, 5.41) is 6.56. The molecule has 1 aromatic carbocycles. The van der Waals surface area contributed by atoms with E-state index in [1.807, 2.05) is 6.92 Å². The Bertz CT molecular complexity index is 456. The molecule has 20 heavy (non-hydrogen) atoms. The third-order valence-corrected chi connectivity index (χ3v) is 4.02. The first-order valence-electron chi connectivity index (χ1n) is 7.84. The molecule has 0 fully saturated rings. The van der Waals surface area contributed by atoms with Crippen LogP contribution in [-0.2, 0) is 17.6 Å². The maximum absolute atomic E-state index is 11.9. The number of carbonyl (C=O) groups excluding carboxylic acids is 1. The number of carbonyl (C=O) groups is 1. The molecule has 0 radical (unpaired) electrons. The highest BCUT2D eigenvalue weighted by atomic mass is 16.1. The number of amides is 1. The summed E-state index contributed by atoms with van der Waals surface area (Å²) >= 11 is 0. The first-order chi connectivity index (χ1) is 9.72. The van der Waals surface area contributed by atoms with Crippen LogP contribution >= 0.6 is 0 Å². The lowest BCUT2D eigenvalue weighted by atomic mass is 9.98. The summed E-state index contributed by atoms with van der Waals surface area (Å²) in [5.74, 6) is 0.312. The van der Waals surface area contributed by atoms with Crippen LogP contribution in [0.2, 0.25) is 0 Å². The molecule has 0 aromatic heterocycles. The topological polar surface area (TPSA) is 41.1 Å². The number of hydrogen-bond donors (Lipinski definition) is 2. The minimum Gasteiger partial charge on any atom is -0.385 e. The molecule has 110 valence electrons. The third-order valence-electron chi connectivity index (χ3n) is 4.02. The average Bonchev–Trinajstić information content (AvgIpc) is 2.47. The van der Waals surface area contributed by atoms with Gasteiger partial charge >= 0.3 is 0 Å². The van der Waals surface area contributed by atoms with Gasteiger partial charge in [0.05, 0.1) is 0 Å². The molecule has 1 unspecified atom stereocenters.